The Kier molecular flexibility index (Phi) is 5.97. The Morgan fingerprint density at radius 2 is 2.10 bits per heavy atom. The fourth-order valence-electron chi connectivity index (χ4n) is 1.93. The van der Waals surface area contributed by atoms with Gasteiger partial charge in [-0.15, -0.1) is 0 Å². The van der Waals surface area contributed by atoms with Crippen molar-refractivity contribution in [3.63, 3.8) is 0 Å². The molecule has 0 bridgehead atoms. The lowest BCUT2D eigenvalue weighted by molar-refractivity contribution is -0.0819. The summed E-state index contributed by atoms with van der Waals surface area (Å²) in [6.07, 6.45) is 0.0622. The van der Waals surface area contributed by atoms with Crippen LogP contribution < -0.4 is 10.6 Å². The van der Waals surface area contributed by atoms with Crippen molar-refractivity contribution in [2.24, 2.45) is 0 Å². The summed E-state index contributed by atoms with van der Waals surface area (Å²) in [5.74, 6) is 2.20. The molecule has 7 heteroatoms. The molecular formula is C13H22N4O3. The Labute approximate surface area is 119 Å². The highest BCUT2D eigenvalue weighted by molar-refractivity contribution is 5.47. The predicted octanol–water partition coefficient (Wildman–Crippen LogP) is 0.882. The SMILES string of the molecule is CCNc1cc(NCC2COCCO2)nc(COC)n1. The summed E-state index contributed by atoms with van der Waals surface area (Å²) in [4.78, 5) is 8.77. The minimum absolute atomic E-state index is 0.0622. The van der Waals surface area contributed by atoms with Crippen molar-refractivity contribution in [1.29, 1.82) is 0 Å². The zero-order valence-electron chi connectivity index (χ0n) is 12.0. The summed E-state index contributed by atoms with van der Waals surface area (Å²) in [6.45, 7) is 5.82. The van der Waals surface area contributed by atoms with E-state index in [1.807, 2.05) is 13.0 Å². The number of rotatable bonds is 7. The quantitative estimate of drug-likeness (QED) is 0.768. The maximum Gasteiger partial charge on any atom is 0.158 e. The third-order valence-corrected chi connectivity index (χ3v) is 2.80. The molecule has 1 aromatic heterocycles. The molecule has 0 aliphatic carbocycles. The average Bonchev–Trinajstić information content (AvgIpc) is 2.47. The lowest BCUT2D eigenvalue weighted by Gasteiger charge is -2.23. The Bertz CT molecular complexity index is 386. The Morgan fingerprint density at radius 3 is 2.75 bits per heavy atom. The van der Waals surface area contributed by atoms with E-state index in [-0.39, 0.29) is 6.10 Å². The fourth-order valence-corrected chi connectivity index (χ4v) is 1.93. The number of hydrogen-bond acceptors (Lipinski definition) is 7. The van der Waals surface area contributed by atoms with Gasteiger partial charge in [0, 0.05) is 26.3 Å². The van der Waals surface area contributed by atoms with Crippen LogP contribution in [0.15, 0.2) is 6.07 Å². The third-order valence-electron chi connectivity index (χ3n) is 2.80. The maximum absolute atomic E-state index is 5.58. The van der Waals surface area contributed by atoms with Crippen LogP contribution in [0.3, 0.4) is 0 Å². The predicted molar refractivity (Wildman–Crippen MR) is 76.0 cm³/mol. The van der Waals surface area contributed by atoms with Crippen LogP contribution in [0.25, 0.3) is 0 Å². The lowest BCUT2D eigenvalue weighted by Crippen LogP contribution is -2.34. The number of ether oxygens (including phenoxy) is 3. The van der Waals surface area contributed by atoms with Crippen LogP contribution in [0.4, 0.5) is 11.6 Å². The van der Waals surface area contributed by atoms with Crippen LogP contribution >= 0.6 is 0 Å². The number of nitrogens with zero attached hydrogens (tertiary/aromatic N) is 2. The number of anilines is 2. The Hall–Kier alpha value is -1.44. The monoisotopic (exact) mass is 282 g/mol. The molecule has 0 radical (unpaired) electrons. The molecule has 7 nitrogen and oxygen atoms in total. The number of hydrogen-bond donors (Lipinski definition) is 2. The second-order valence-electron chi connectivity index (χ2n) is 4.47. The summed E-state index contributed by atoms with van der Waals surface area (Å²) in [7, 11) is 1.63. The van der Waals surface area contributed by atoms with E-state index in [0.29, 0.717) is 38.8 Å². The van der Waals surface area contributed by atoms with Crippen molar-refractivity contribution in [3.05, 3.63) is 11.9 Å². The van der Waals surface area contributed by atoms with Crippen LogP contribution in [0, 0.1) is 0 Å². The molecule has 1 fully saturated rings. The van der Waals surface area contributed by atoms with Gasteiger partial charge >= 0.3 is 0 Å². The first-order chi connectivity index (χ1) is 9.81. The molecule has 1 saturated heterocycles. The summed E-state index contributed by atoms with van der Waals surface area (Å²) in [6, 6.07) is 1.88. The van der Waals surface area contributed by atoms with E-state index in [4.69, 9.17) is 14.2 Å². The van der Waals surface area contributed by atoms with E-state index >= 15 is 0 Å². The second-order valence-corrected chi connectivity index (χ2v) is 4.47. The normalized spacial score (nSPS) is 18.8. The van der Waals surface area contributed by atoms with E-state index in [9.17, 15) is 0 Å². The molecule has 0 aromatic carbocycles. The standard InChI is InChI=1S/C13H22N4O3/c1-3-14-11-6-12(17-13(16-11)9-18-2)15-7-10-8-19-4-5-20-10/h6,10H,3-5,7-9H2,1-2H3,(H2,14,15,16,17). The van der Waals surface area contributed by atoms with Gasteiger partial charge in [0.05, 0.1) is 25.9 Å². The zero-order chi connectivity index (χ0) is 14.2. The smallest absolute Gasteiger partial charge is 0.158 e. The molecular weight excluding hydrogens is 260 g/mol. The first-order valence-corrected chi connectivity index (χ1v) is 6.85. The molecule has 2 N–H and O–H groups in total. The van der Waals surface area contributed by atoms with Gasteiger partial charge in [0.25, 0.3) is 0 Å². The van der Waals surface area contributed by atoms with Crippen LogP contribution in [-0.4, -0.2) is 56.1 Å². The Morgan fingerprint density at radius 1 is 1.30 bits per heavy atom. The zero-order valence-corrected chi connectivity index (χ0v) is 12.0. The highest BCUT2D eigenvalue weighted by atomic mass is 16.6. The lowest BCUT2D eigenvalue weighted by atomic mass is 10.3. The first kappa shape index (κ1) is 15.0. The molecule has 20 heavy (non-hydrogen) atoms. The Balaban J connectivity index is 1.97. The van der Waals surface area contributed by atoms with Crippen molar-refractivity contribution >= 4 is 11.6 Å². The first-order valence-electron chi connectivity index (χ1n) is 6.85. The molecule has 0 amide bonds. The number of aromatic nitrogens is 2. The van der Waals surface area contributed by atoms with E-state index in [0.717, 1.165) is 18.2 Å². The molecule has 1 aliphatic rings. The topological polar surface area (TPSA) is 77.5 Å². The minimum atomic E-state index is 0.0622. The molecule has 112 valence electrons. The summed E-state index contributed by atoms with van der Waals surface area (Å²) >= 11 is 0. The maximum atomic E-state index is 5.58. The van der Waals surface area contributed by atoms with Crippen molar-refractivity contribution in [2.45, 2.75) is 19.6 Å². The van der Waals surface area contributed by atoms with Gasteiger partial charge in [-0.1, -0.05) is 0 Å². The van der Waals surface area contributed by atoms with Gasteiger partial charge in [-0.05, 0) is 6.92 Å². The molecule has 2 heterocycles. The van der Waals surface area contributed by atoms with Gasteiger partial charge in [-0.25, -0.2) is 9.97 Å². The van der Waals surface area contributed by atoms with Gasteiger partial charge < -0.3 is 24.8 Å². The van der Waals surface area contributed by atoms with Crippen molar-refractivity contribution in [2.75, 3.05) is 50.7 Å². The van der Waals surface area contributed by atoms with E-state index in [1.54, 1.807) is 7.11 Å². The molecule has 0 saturated carbocycles. The second kappa shape index (κ2) is 7.98. The fraction of sp³-hybridized carbons (Fsp3) is 0.692. The van der Waals surface area contributed by atoms with Gasteiger partial charge in [0.2, 0.25) is 0 Å². The molecule has 1 aliphatic heterocycles. The van der Waals surface area contributed by atoms with Crippen molar-refractivity contribution < 1.29 is 14.2 Å². The third kappa shape index (κ3) is 4.59. The highest BCUT2D eigenvalue weighted by Crippen LogP contribution is 2.12. The van der Waals surface area contributed by atoms with E-state index in [1.165, 1.54) is 0 Å². The molecule has 1 atom stereocenters. The molecule has 1 unspecified atom stereocenters. The van der Waals surface area contributed by atoms with Crippen LogP contribution in [0.2, 0.25) is 0 Å². The van der Waals surface area contributed by atoms with Crippen molar-refractivity contribution in [3.8, 4) is 0 Å². The number of nitrogens with one attached hydrogen (secondary N) is 2. The van der Waals surface area contributed by atoms with E-state index in [2.05, 4.69) is 20.6 Å². The van der Waals surface area contributed by atoms with Gasteiger partial charge in [-0.3, -0.25) is 0 Å². The molecule has 1 aromatic rings. The van der Waals surface area contributed by atoms with Gasteiger partial charge in [0.15, 0.2) is 5.82 Å². The van der Waals surface area contributed by atoms with Crippen molar-refractivity contribution in [1.82, 2.24) is 9.97 Å². The van der Waals surface area contributed by atoms with Crippen LogP contribution in [0.1, 0.15) is 12.7 Å². The van der Waals surface area contributed by atoms with Crippen LogP contribution in [-0.2, 0) is 20.8 Å². The highest BCUT2D eigenvalue weighted by Gasteiger charge is 2.14. The largest absolute Gasteiger partial charge is 0.377 e. The number of methoxy groups -OCH3 is 1. The average molecular weight is 282 g/mol. The minimum Gasteiger partial charge on any atom is -0.377 e. The van der Waals surface area contributed by atoms with Crippen LogP contribution in [0.5, 0.6) is 0 Å². The van der Waals surface area contributed by atoms with Gasteiger partial charge in [-0.2, -0.15) is 0 Å². The summed E-state index contributed by atoms with van der Waals surface area (Å²) in [5, 5.41) is 6.44. The molecule has 2 rings (SSSR count). The van der Waals surface area contributed by atoms with Gasteiger partial charge in [0.1, 0.15) is 18.2 Å². The summed E-state index contributed by atoms with van der Waals surface area (Å²) in [5.41, 5.74) is 0. The summed E-state index contributed by atoms with van der Waals surface area (Å²) < 4.78 is 16.0. The van der Waals surface area contributed by atoms with E-state index < -0.39 is 0 Å². The molecule has 0 spiro atoms.